The van der Waals surface area contributed by atoms with Crippen molar-refractivity contribution in [1.82, 2.24) is 4.98 Å². The Balaban J connectivity index is 2.21. The van der Waals surface area contributed by atoms with E-state index in [0.717, 1.165) is 17.8 Å². The highest BCUT2D eigenvalue weighted by Gasteiger charge is 2.31. The summed E-state index contributed by atoms with van der Waals surface area (Å²) in [7, 11) is 1.39. The number of halogens is 3. The molecule has 2 rings (SSSR count). The van der Waals surface area contributed by atoms with Gasteiger partial charge in [-0.05, 0) is 11.6 Å². The summed E-state index contributed by atoms with van der Waals surface area (Å²) in [6, 6.07) is 10.6. The third kappa shape index (κ3) is 3.66. The molecule has 1 aromatic heterocycles. The molecule has 0 N–H and O–H groups in total. The van der Waals surface area contributed by atoms with Crippen LogP contribution in [0.25, 0.3) is 0 Å². The summed E-state index contributed by atoms with van der Waals surface area (Å²) >= 11 is 1.27. The minimum absolute atomic E-state index is 0.207. The number of hydrogen-bond donors (Lipinski definition) is 0. The van der Waals surface area contributed by atoms with Gasteiger partial charge in [0.05, 0.1) is 17.6 Å². The fraction of sp³-hybridized carbons (Fsp3) is 0.214. The van der Waals surface area contributed by atoms with Crippen LogP contribution in [-0.4, -0.2) is 12.1 Å². The van der Waals surface area contributed by atoms with Gasteiger partial charge in [-0.25, -0.2) is 4.98 Å². The first-order valence-corrected chi connectivity index (χ1v) is 6.77. The molecule has 0 aliphatic heterocycles. The summed E-state index contributed by atoms with van der Waals surface area (Å²) in [5.41, 5.74) is 0.255. The predicted octanol–water partition coefficient (Wildman–Crippen LogP) is 4.40. The minimum atomic E-state index is -4.40. The molecule has 2 aromatic rings. The van der Waals surface area contributed by atoms with Crippen LogP contribution in [0.3, 0.4) is 0 Å². The normalized spacial score (nSPS) is 11.4. The Labute approximate surface area is 119 Å². The van der Waals surface area contributed by atoms with Crippen molar-refractivity contribution in [3.8, 4) is 5.88 Å². The molecule has 2 nitrogen and oxygen atoms in total. The lowest BCUT2D eigenvalue weighted by Crippen LogP contribution is -2.06. The van der Waals surface area contributed by atoms with Crippen LogP contribution in [-0.2, 0) is 11.9 Å². The molecule has 0 radical (unpaired) electrons. The van der Waals surface area contributed by atoms with Gasteiger partial charge >= 0.3 is 6.18 Å². The Hall–Kier alpha value is -1.69. The standard InChI is InChI=1S/C14H12F3NOS/c1-19-13-12(7-11(8-18-13)14(15,16)17)20-9-10-5-3-2-4-6-10/h2-8H,9H2,1H3. The third-order valence-electron chi connectivity index (χ3n) is 2.58. The van der Waals surface area contributed by atoms with Crippen LogP contribution in [0.1, 0.15) is 11.1 Å². The monoisotopic (exact) mass is 299 g/mol. The van der Waals surface area contributed by atoms with E-state index in [9.17, 15) is 13.2 Å². The van der Waals surface area contributed by atoms with Crippen molar-refractivity contribution in [1.29, 1.82) is 0 Å². The molecule has 0 fully saturated rings. The van der Waals surface area contributed by atoms with E-state index >= 15 is 0 Å². The summed E-state index contributed by atoms with van der Waals surface area (Å²) in [5.74, 6) is 0.763. The number of pyridine rings is 1. The van der Waals surface area contributed by atoms with Crippen LogP contribution in [0.2, 0.25) is 0 Å². The molecule has 20 heavy (non-hydrogen) atoms. The van der Waals surface area contributed by atoms with Gasteiger partial charge in [-0.15, -0.1) is 11.8 Å². The molecule has 0 saturated heterocycles. The Morgan fingerprint density at radius 1 is 1.20 bits per heavy atom. The maximum Gasteiger partial charge on any atom is 0.417 e. The van der Waals surface area contributed by atoms with E-state index in [-0.39, 0.29) is 5.88 Å². The lowest BCUT2D eigenvalue weighted by atomic mass is 10.2. The molecule has 0 bridgehead atoms. The largest absolute Gasteiger partial charge is 0.480 e. The minimum Gasteiger partial charge on any atom is -0.480 e. The van der Waals surface area contributed by atoms with Gasteiger partial charge in [0.15, 0.2) is 0 Å². The molecule has 0 aliphatic rings. The highest BCUT2D eigenvalue weighted by Crippen LogP contribution is 2.36. The molecule has 0 spiro atoms. The smallest absolute Gasteiger partial charge is 0.417 e. The van der Waals surface area contributed by atoms with Crippen LogP contribution in [0.15, 0.2) is 47.5 Å². The van der Waals surface area contributed by atoms with Crippen molar-refractivity contribution in [2.24, 2.45) is 0 Å². The van der Waals surface area contributed by atoms with Gasteiger partial charge in [-0.1, -0.05) is 30.3 Å². The number of methoxy groups -OCH3 is 1. The molecule has 0 saturated carbocycles. The van der Waals surface area contributed by atoms with Crippen LogP contribution in [0.4, 0.5) is 13.2 Å². The summed E-state index contributed by atoms with van der Waals surface area (Å²) in [5, 5.41) is 0. The van der Waals surface area contributed by atoms with Crippen molar-refractivity contribution < 1.29 is 17.9 Å². The quantitative estimate of drug-likeness (QED) is 0.781. The van der Waals surface area contributed by atoms with Crippen molar-refractivity contribution in [3.05, 3.63) is 53.7 Å². The van der Waals surface area contributed by atoms with E-state index in [1.165, 1.54) is 18.9 Å². The average Bonchev–Trinajstić information content (AvgIpc) is 2.45. The predicted molar refractivity (Wildman–Crippen MR) is 71.8 cm³/mol. The van der Waals surface area contributed by atoms with E-state index in [0.29, 0.717) is 10.6 Å². The molecule has 0 amide bonds. The summed E-state index contributed by atoms with van der Waals surface area (Å²) in [4.78, 5) is 4.09. The molecule has 6 heteroatoms. The highest BCUT2D eigenvalue weighted by molar-refractivity contribution is 7.98. The van der Waals surface area contributed by atoms with Gasteiger partial charge in [0.1, 0.15) is 0 Å². The van der Waals surface area contributed by atoms with E-state index in [1.54, 1.807) is 0 Å². The van der Waals surface area contributed by atoms with Gasteiger partial charge in [0, 0.05) is 11.9 Å². The topological polar surface area (TPSA) is 22.1 Å². The molecule has 106 valence electrons. The Morgan fingerprint density at radius 2 is 1.90 bits per heavy atom. The average molecular weight is 299 g/mol. The van der Waals surface area contributed by atoms with Crippen LogP contribution >= 0.6 is 11.8 Å². The van der Waals surface area contributed by atoms with Gasteiger partial charge in [0.2, 0.25) is 5.88 Å². The number of hydrogen-bond acceptors (Lipinski definition) is 3. The summed E-state index contributed by atoms with van der Waals surface area (Å²) < 4.78 is 43.0. The fourth-order valence-electron chi connectivity index (χ4n) is 1.58. The van der Waals surface area contributed by atoms with Crippen molar-refractivity contribution in [2.75, 3.05) is 7.11 Å². The number of thioether (sulfide) groups is 1. The van der Waals surface area contributed by atoms with Gasteiger partial charge < -0.3 is 4.74 Å². The van der Waals surface area contributed by atoms with Gasteiger partial charge in [0.25, 0.3) is 0 Å². The number of alkyl halides is 3. The van der Waals surface area contributed by atoms with Crippen molar-refractivity contribution in [3.63, 3.8) is 0 Å². The number of rotatable bonds is 4. The van der Waals surface area contributed by atoms with Crippen molar-refractivity contribution in [2.45, 2.75) is 16.8 Å². The zero-order chi connectivity index (χ0) is 14.6. The third-order valence-corrected chi connectivity index (χ3v) is 3.66. The summed E-state index contributed by atoms with van der Waals surface area (Å²) in [6.45, 7) is 0. The fourth-order valence-corrected chi connectivity index (χ4v) is 2.56. The zero-order valence-corrected chi connectivity index (χ0v) is 11.5. The maximum absolute atomic E-state index is 12.7. The van der Waals surface area contributed by atoms with Crippen LogP contribution in [0.5, 0.6) is 5.88 Å². The van der Waals surface area contributed by atoms with E-state index in [1.807, 2.05) is 30.3 Å². The molecule has 0 aliphatic carbocycles. The van der Waals surface area contributed by atoms with Crippen LogP contribution < -0.4 is 4.74 Å². The second-order valence-corrected chi connectivity index (χ2v) is 5.02. The zero-order valence-electron chi connectivity index (χ0n) is 10.6. The second-order valence-electron chi connectivity index (χ2n) is 4.00. The molecule has 1 heterocycles. The highest BCUT2D eigenvalue weighted by atomic mass is 32.2. The Kier molecular flexibility index (Phi) is 4.54. The van der Waals surface area contributed by atoms with E-state index in [4.69, 9.17) is 4.74 Å². The van der Waals surface area contributed by atoms with Gasteiger partial charge in [-0.3, -0.25) is 0 Å². The lowest BCUT2D eigenvalue weighted by molar-refractivity contribution is -0.138. The van der Waals surface area contributed by atoms with Gasteiger partial charge in [-0.2, -0.15) is 13.2 Å². The Morgan fingerprint density at radius 3 is 2.50 bits per heavy atom. The second kappa shape index (κ2) is 6.17. The molecular weight excluding hydrogens is 287 g/mol. The van der Waals surface area contributed by atoms with E-state index in [2.05, 4.69) is 4.98 Å². The lowest BCUT2D eigenvalue weighted by Gasteiger charge is -2.11. The number of nitrogens with zero attached hydrogens (tertiary/aromatic N) is 1. The number of aromatic nitrogens is 1. The van der Waals surface area contributed by atoms with E-state index < -0.39 is 11.7 Å². The summed E-state index contributed by atoms with van der Waals surface area (Å²) in [6.07, 6.45) is -3.62. The molecule has 1 aromatic carbocycles. The van der Waals surface area contributed by atoms with Crippen LogP contribution in [0, 0.1) is 0 Å². The van der Waals surface area contributed by atoms with Crippen molar-refractivity contribution >= 4 is 11.8 Å². The number of ether oxygens (including phenoxy) is 1. The molecule has 0 atom stereocenters. The SMILES string of the molecule is COc1ncc(C(F)(F)F)cc1SCc1ccccc1. The first kappa shape index (κ1) is 14.7. The molecular formula is C14H12F3NOS. The first-order valence-electron chi connectivity index (χ1n) is 5.78. The first-order chi connectivity index (χ1) is 9.50. The maximum atomic E-state index is 12.7. The molecule has 0 unspecified atom stereocenters. The Bertz CT molecular complexity index is 572. The number of benzene rings is 1.